The summed E-state index contributed by atoms with van der Waals surface area (Å²) in [5.74, 6) is 0.986. The van der Waals surface area contributed by atoms with Gasteiger partial charge >= 0.3 is 0 Å². The van der Waals surface area contributed by atoms with Gasteiger partial charge in [0, 0.05) is 31.4 Å². The normalized spacial score (nSPS) is 12.7. The lowest BCUT2D eigenvalue weighted by atomic mass is 10.1. The molecule has 1 unspecified atom stereocenters. The SMILES string of the molecule is CCCNC(C)c1ccc(N(CCCO)C(C)C)nc1. The lowest BCUT2D eigenvalue weighted by Crippen LogP contribution is -2.33. The molecule has 0 aliphatic carbocycles. The molecule has 1 atom stereocenters. The Kier molecular flexibility index (Phi) is 7.55. The Bertz CT molecular complexity index is 364. The van der Waals surface area contributed by atoms with Gasteiger partial charge in [-0.2, -0.15) is 0 Å². The minimum Gasteiger partial charge on any atom is -0.396 e. The van der Waals surface area contributed by atoms with Crippen molar-refractivity contribution >= 4 is 5.82 Å². The summed E-state index contributed by atoms with van der Waals surface area (Å²) in [5, 5.41) is 12.5. The van der Waals surface area contributed by atoms with Gasteiger partial charge in [-0.05, 0) is 51.8 Å². The van der Waals surface area contributed by atoms with Crippen molar-refractivity contribution in [1.29, 1.82) is 0 Å². The van der Waals surface area contributed by atoms with Crippen LogP contribution in [0.15, 0.2) is 18.3 Å². The maximum atomic E-state index is 8.99. The molecular weight excluding hydrogens is 250 g/mol. The highest BCUT2D eigenvalue weighted by Gasteiger charge is 2.12. The number of hydrogen-bond acceptors (Lipinski definition) is 4. The predicted octanol–water partition coefficient (Wildman–Crippen LogP) is 2.74. The lowest BCUT2D eigenvalue weighted by molar-refractivity contribution is 0.288. The highest BCUT2D eigenvalue weighted by Crippen LogP contribution is 2.18. The van der Waals surface area contributed by atoms with E-state index in [0.29, 0.717) is 12.1 Å². The average Bonchev–Trinajstić information content (AvgIpc) is 2.45. The van der Waals surface area contributed by atoms with E-state index in [0.717, 1.165) is 31.7 Å². The first kappa shape index (κ1) is 16.9. The average molecular weight is 279 g/mol. The Labute approximate surface area is 123 Å². The van der Waals surface area contributed by atoms with Crippen LogP contribution in [0.2, 0.25) is 0 Å². The van der Waals surface area contributed by atoms with E-state index in [2.05, 4.69) is 55.0 Å². The second-order valence-corrected chi connectivity index (χ2v) is 5.49. The van der Waals surface area contributed by atoms with Gasteiger partial charge in [0.2, 0.25) is 0 Å². The molecule has 0 aliphatic heterocycles. The van der Waals surface area contributed by atoms with Crippen molar-refractivity contribution in [3.63, 3.8) is 0 Å². The van der Waals surface area contributed by atoms with Crippen LogP contribution in [-0.2, 0) is 0 Å². The molecule has 0 aliphatic rings. The molecule has 1 rings (SSSR count). The van der Waals surface area contributed by atoms with Crippen LogP contribution >= 0.6 is 0 Å². The Morgan fingerprint density at radius 3 is 2.55 bits per heavy atom. The van der Waals surface area contributed by atoms with E-state index in [1.54, 1.807) is 0 Å². The number of rotatable bonds is 9. The summed E-state index contributed by atoms with van der Waals surface area (Å²) in [6.07, 6.45) is 3.87. The van der Waals surface area contributed by atoms with Gasteiger partial charge in [0.05, 0.1) is 0 Å². The number of pyridine rings is 1. The minimum absolute atomic E-state index is 0.222. The number of anilines is 1. The fraction of sp³-hybridized carbons (Fsp3) is 0.688. The highest BCUT2D eigenvalue weighted by molar-refractivity contribution is 5.40. The van der Waals surface area contributed by atoms with Crippen molar-refractivity contribution in [3.8, 4) is 0 Å². The highest BCUT2D eigenvalue weighted by atomic mass is 16.3. The van der Waals surface area contributed by atoms with Crippen molar-refractivity contribution < 1.29 is 5.11 Å². The first-order valence-corrected chi connectivity index (χ1v) is 7.67. The van der Waals surface area contributed by atoms with Crippen molar-refractivity contribution in [2.45, 2.75) is 52.6 Å². The molecule has 4 nitrogen and oxygen atoms in total. The molecule has 2 N–H and O–H groups in total. The van der Waals surface area contributed by atoms with Crippen molar-refractivity contribution in [2.75, 3.05) is 24.6 Å². The summed E-state index contributed by atoms with van der Waals surface area (Å²) in [6, 6.07) is 4.94. The molecule has 0 bridgehead atoms. The topological polar surface area (TPSA) is 48.4 Å². The zero-order valence-corrected chi connectivity index (χ0v) is 13.3. The number of aromatic nitrogens is 1. The number of aliphatic hydroxyl groups excluding tert-OH is 1. The lowest BCUT2D eigenvalue weighted by Gasteiger charge is -2.28. The Morgan fingerprint density at radius 2 is 2.05 bits per heavy atom. The second kappa shape index (κ2) is 8.93. The molecule has 114 valence electrons. The molecule has 0 radical (unpaired) electrons. The maximum absolute atomic E-state index is 8.99. The third-order valence-electron chi connectivity index (χ3n) is 3.45. The molecule has 0 spiro atoms. The van der Waals surface area contributed by atoms with Gasteiger partial charge in [0.15, 0.2) is 0 Å². The molecule has 0 saturated carbocycles. The van der Waals surface area contributed by atoms with E-state index in [4.69, 9.17) is 5.11 Å². The number of nitrogens with one attached hydrogen (secondary N) is 1. The third-order valence-corrected chi connectivity index (χ3v) is 3.45. The van der Waals surface area contributed by atoms with Crippen LogP contribution in [-0.4, -0.2) is 35.8 Å². The summed E-state index contributed by atoms with van der Waals surface area (Å²) >= 11 is 0. The molecule has 0 aromatic carbocycles. The van der Waals surface area contributed by atoms with Gasteiger partial charge in [0.25, 0.3) is 0 Å². The first-order valence-electron chi connectivity index (χ1n) is 7.67. The molecule has 4 heteroatoms. The quantitative estimate of drug-likeness (QED) is 0.730. The van der Waals surface area contributed by atoms with Crippen LogP contribution in [0.25, 0.3) is 0 Å². The van der Waals surface area contributed by atoms with Crippen molar-refractivity contribution in [1.82, 2.24) is 10.3 Å². The largest absolute Gasteiger partial charge is 0.396 e. The minimum atomic E-state index is 0.222. The van der Waals surface area contributed by atoms with E-state index < -0.39 is 0 Å². The fourth-order valence-electron chi connectivity index (χ4n) is 2.18. The number of hydrogen-bond donors (Lipinski definition) is 2. The third kappa shape index (κ3) is 5.10. The Balaban J connectivity index is 2.72. The molecule has 1 aromatic heterocycles. The molecule has 1 heterocycles. The maximum Gasteiger partial charge on any atom is 0.128 e. The summed E-state index contributed by atoms with van der Waals surface area (Å²) in [4.78, 5) is 6.81. The van der Waals surface area contributed by atoms with Crippen LogP contribution < -0.4 is 10.2 Å². The van der Waals surface area contributed by atoms with E-state index in [1.165, 1.54) is 5.56 Å². The van der Waals surface area contributed by atoms with E-state index in [-0.39, 0.29) is 6.61 Å². The smallest absolute Gasteiger partial charge is 0.128 e. The summed E-state index contributed by atoms with van der Waals surface area (Å²) in [7, 11) is 0. The summed E-state index contributed by atoms with van der Waals surface area (Å²) < 4.78 is 0. The summed E-state index contributed by atoms with van der Waals surface area (Å²) in [5.41, 5.74) is 1.22. The van der Waals surface area contributed by atoms with Gasteiger partial charge in [-0.3, -0.25) is 0 Å². The first-order chi connectivity index (χ1) is 9.60. The van der Waals surface area contributed by atoms with E-state index in [1.807, 2.05) is 6.20 Å². The van der Waals surface area contributed by atoms with E-state index >= 15 is 0 Å². The van der Waals surface area contributed by atoms with Crippen LogP contribution in [0.4, 0.5) is 5.82 Å². The Morgan fingerprint density at radius 1 is 1.30 bits per heavy atom. The van der Waals surface area contributed by atoms with E-state index in [9.17, 15) is 0 Å². The molecule has 1 aromatic rings. The van der Waals surface area contributed by atoms with Crippen LogP contribution in [0.1, 0.15) is 52.1 Å². The zero-order chi connectivity index (χ0) is 15.0. The van der Waals surface area contributed by atoms with Crippen LogP contribution in [0, 0.1) is 0 Å². The van der Waals surface area contributed by atoms with Crippen LogP contribution in [0.5, 0.6) is 0 Å². The molecular formula is C16H29N3O. The fourth-order valence-corrected chi connectivity index (χ4v) is 2.18. The second-order valence-electron chi connectivity index (χ2n) is 5.49. The van der Waals surface area contributed by atoms with Crippen LogP contribution in [0.3, 0.4) is 0 Å². The van der Waals surface area contributed by atoms with Crippen molar-refractivity contribution in [2.24, 2.45) is 0 Å². The monoisotopic (exact) mass is 279 g/mol. The summed E-state index contributed by atoms with van der Waals surface area (Å²) in [6.45, 7) is 10.7. The zero-order valence-electron chi connectivity index (χ0n) is 13.3. The number of aliphatic hydroxyl groups is 1. The molecule has 20 heavy (non-hydrogen) atoms. The molecule has 0 fully saturated rings. The van der Waals surface area contributed by atoms with Gasteiger partial charge in [-0.25, -0.2) is 4.98 Å². The Hall–Kier alpha value is -1.13. The van der Waals surface area contributed by atoms with Gasteiger partial charge in [0.1, 0.15) is 5.82 Å². The standard InChI is InChI=1S/C16H29N3O/c1-5-9-17-14(4)15-7-8-16(18-12-15)19(13(2)3)10-6-11-20/h7-8,12-14,17,20H,5-6,9-11H2,1-4H3. The molecule has 0 amide bonds. The predicted molar refractivity (Wildman–Crippen MR) is 85.1 cm³/mol. The van der Waals surface area contributed by atoms with Gasteiger partial charge in [-0.15, -0.1) is 0 Å². The van der Waals surface area contributed by atoms with Gasteiger partial charge in [-0.1, -0.05) is 13.0 Å². The molecule has 0 saturated heterocycles. The number of nitrogens with zero attached hydrogens (tertiary/aromatic N) is 2. The van der Waals surface area contributed by atoms with Crippen molar-refractivity contribution in [3.05, 3.63) is 23.9 Å². The van der Waals surface area contributed by atoms with Gasteiger partial charge < -0.3 is 15.3 Å².